The molecule has 3 nitrogen and oxygen atoms in total. The number of nitrogens with zero attached hydrogens (tertiary/aromatic N) is 3. The molecule has 5 rings (SSSR count). The summed E-state index contributed by atoms with van der Waals surface area (Å²) in [6, 6.07) is 33.2. The van der Waals surface area contributed by atoms with Crippen molar-refractivity contribution < 1.29 is 0 Å². The highest BCUT2D eigenvalue weighted by Gasteiger charge is 2.07. The fourth-order valence-electron chi connectivity index (χ4n) is 3.70. The molecule has 0 fully saturated rings. The maximum absolute atomic E-state index is 4.77. The Kier molecular flexibility index (Phi) is 5.07. The fraction of sp³-hybridized carbons (Fsp3) is 0.0357. The second-order valence-corrected chi connectivity index (χ2v) is 7.47. The van der Waals surface area contributed by atoms with Crippen LogP contribution in [-0.4, -0.2) is 15.0 Å². The Bertz CT molecular complexity index is 1190. The monoisotopic (exact) mass is 399 g/mol. The highest BCUT2D eigenvalue weighted by molar-refractivity contribution is 5.74. The normalized spacial score (nSPS) is 10.7. The Balaban J connectivity index is 1.45. The highest BCUT2D eigenvalue weighted by Crippen LogP contribution is 2.29. The number of benzene rings is 2. The van der Waals surface area contributed by atoms with Crippen LogP contribution in [0.2, 0.25) is 0 Å². The minimum Gasteiger partial charge on any atom is -0.256 e. The lowest BCUT2D eigenvalue weighted by atomic mass is 9.99. The van der Waals surface area contributed by atoms with Gasteiger partial charge in [0.15, 0.2) is 0 Å². The molecule has 5 aromatic rings. The first kappa shape index (κ1) is 18.9. The molecule has 3 aromatic heterocycles. The average Bonchev–Trinajstić information content (AvgIpc) is 2.85. The molecule has 0 N–H and O–H groups in total. The van der Waals surface area contributed by atoms with Gasteiger partial charge in [-0.2, -0.15) is 0 Å². The third-order valence-electron chi connectivity index (χ3n) is 5.27. The Morgan fingerprint density at radius 1 is 0.452 bits per heavy atom. The molecule has 0 aliphatic carbocycles. The summed E-state index contributed by atoms with van der Waals surface area (Å²) in [7, 11) is 0. The molecule has 31 heavy (non-hydrogen) atoms. The van der Waals surface area contributed by atoms with Gasteiger partial charge in [-0.25, -0.2) is 0 Å². The lowest BCUT2D eigenvalue weighted by Gasteiger charge is -2.09. The summed E-state index contributed by atoms with van der Waals surface area (Å²) in [4.78, 5) is 13.6. The molecule has 148 valence electrons. The summed E-state index contributed by atoms with van der Waals surface area (Å²) >= 11 is 0. The molecule has 3 heterocycles. The van der Waals surface area contributed by atoms with E-state index in [0.717, 1.165) is 50.6 Å². The van der Waals surface area contributed by atoms with Crippen molar-refractivity contribution in [1.82, 2.24) is 15.0 Å². The molecule has 2 aromatic carbocycles. The van der Waals surface area contributed by atoms with Crippen molar-refractivity contribution in [2.45, 2.75) is 6.92 Å². The van der Waals surface area contributed by atoms with Crippen molar-refractivity contribution >= 4 is 0 Å². The van der Waals surface area contributed by atoms with Gasteiger partial charge in [0.1, 0.15) is 0 Å². The predicted molar refractivity (Wildman–Crippen MR) is 126 cm³/mol. The van der Waals surface area contributed by atoms with Crippen molar-refractivity contribution in [2.75, 3.05) is 0 Å². The van der Waals surface area contributed by atoms with E-state index in [0.29, 0.717) is 0 Å². The molecule has 0 radical (unpaired) electrons. The Labute approximate surface area is 182 Å². The molecule has 0 bridgehead atoms. The van der Waals surface area contributed by atoms with E-state index in [1.54, 1.807) is 0 Å². The van der Waals surface area contributed by atoms with Gasteiger partial charge in [0.25, 0.3) is 0 Å². The van der Waals surface area contributed by atoms with Crippen molar-refractivity contribution in [1.29, 1.82) is 0 Å². The van der Waals surface area contributed by atoms with Gasteiger partial charge < -0.3 is 0 Å². The third-order valence-corrected chi connectivity index (χ3v) is 5.27. The largest absolute Gasteiger partial charge is 0.256 e. The van der Waals surface area contributed by atoms with Crippen molar-refractivity contribution in [3.05, 3.63) is 115 Å². The van der Waals surface area contributed by atoms with Crippen LogP contribution in [0.5, 0.6) is 0 Å². The molecule has 0 spiro atoms. The van der Waals surface area contributed by atoms with Crippen LogP contribution in [0.25, 0.3) is 44.9 Å². The zero-order valence-corrected chi connectivity index (χ0v) is 17.2. The SMILES string of the molecule is Cc1cc(-c2ccc(-c3ccccn3)cc2)cc(-c2ccc(-c3ccccn3)cc2)n1. The van der Waals surface area contributed by atoms with Crippen LogP contribution in [0.1, 0.15) is 5.69 Å². The molecular weight excluding hydrogens is 378 g/mol. The van der Waals surface area contributed by atoms with E-state index >= 15 is 0 Å². The van der Waals surface area contributed by atoms with Crippen LogP contribution in [-0.2, 0) is 0 Å². The van der Waals surface area contributed by atoms with E-state index in [-0.39, 0.29) is 0 Å². The van der Waals surface area contributed by atoms with E-state index in [4.69, 9.17) is 4.98 Å². The van der Waals surface area contributed by atoms with E-state index in [1.165, 1.54) is 0 Å². The Hall–Kier alpha value is -4.11. The van der Waals surface area contributed by atoms with Gasteiger partial charge in [-0.05, 0) is 54.4 Å². The summed E-state index contributed by atoms with van der Waals surface area (Å²) in [6.45, 7) is 2.04. The van der Waals surface area contributed by atoms with E-state index in [1.807, 2.05) is 55.7 Å². The summed E-state index contributed by atoms with van der Waals surface area (Å²) in [5.74, 6) is 0. The number of rotatable bonds is 4. The second kappa shape index (κ2) is 8.33. The Morgan fingerprint density at radius 3 is 1.42 bits per heavy atom. The molecule has 0 saturated heterocycles. The summed E-state index contributed by atoms with van der Waals surface area (Å²) in [6.07, 6.45) is 3.64. The summed E-state index contributed by atoms with van der Waals surface area (Å²) in [5.41, 5.74) is 9.54. The van der Waals surface area contributed by atoms with Crippen LogP contribution in [0.3, 0.4) is 0 Å². The van der Waals surface area contributed by atoms with E-state index in [2.05, 4.69) is 70.6 Å². The number of aromatic nitrogens is 3. The van der Waals surface area contributed by atoms with E-state index in [9.17, 15) is 0 Å². The zero-order chi connectivity index (χ0) is 21.0. The van der Waals surface area contributed by atoms with E-state index < -0.39 is 0 Å². The lowest BCUT2D eigenvalue weighted by molar-refractivity contribution is 1.21. The molecular formula is C28H21N3. The highest BCUT2D eigenvalue weighted by atomic mass is 14.7. The molecule has 0 amide bonds. The van der Waals surface area contributed by atoms with Crippen LogP contribution in [0.15, 0.2) is 109 Å². The lowest BCUT2D eigenvalue weighted by Crippen LogP contribution is -1.90. The first-order chi connectivity index (χ1) is 15.3. The molecule has 0 saturated carbocycles. The predicted octanol–water partition coefficient (Wildman–Crippen LogP) is 6.85. The van der Waals surface area contributed by atoms with Crippen LogP contribution in [0, 0.1) is 6.92 Å². The zero-order valence-electron chi connectivity index (χ0n) is 17.2. The van der Waals surface area contributed by atoms with Crippen molar-refractivity contribution in [2.24, 2.45) is 0 Å². The van der Waals surface area contributed by atoms with Crippen LogP contribution in [0.4, 0.5) is 0 Å². The second-order valence-electron chi connectivity index (χ2n) is 7.47. The summed E-state index contributed by atoms with van der Waals surface area (Å²) < 4.78 is 0. The number of aryl methyl sites for hydroxylation is 1. The third kappa shape index (κ3) is 4.12. The smallest absolute Gasteiger partial charge is 0.0711 e. The number of hydrogen-bond donors (Lipinski definition) is 0. The topological polar surface area (TPSA) is 38.7 Å². The molecule has 0 unspecified atom stereocenters. The van der Waals surface area contributed by atoms with Gasteiger partial charge in [0, 0.05) is 34.8 Å². The maximum Gasteiger partial charge on any atom is 0.0711 e. The first-order valence-electron chi connectivity index (χ1n) is 10.3. The van der Waals surface area contributed by atoms with Gasteiger partial charge in [-0.3, -0.25) is 15.0 Å². The standard InChI is InChI=1S/C28H21N3/c1-20-18-25(21-8-10-22(11-9-21)26-6-2-4-16-29-26)19-28(31-20)24-14-12-23(13-15-24)27-7-3-5-17-30-27/h2-19H,1H3. The van der Waals surface area contributed by atoms with Crippen LogP contribution >= 0.6 is 0 Å². The number of hydrogen-bond acceptors (Lipinski definition) is 3. The fourth-order valence-corrected chi connectivity index (χ4v) is 3.70. The van der Waals surface area contributed by atoms with Gasteiger partial charge in [0.05, 0.1) is 17.1 Å². The minimum atomic E-state index is 0.969. The Morgan fingerprint density at radius 2 is 0.935 bits per heavy atom. The van der Waals surface area contributed by atoms with Gasteiger partial charge in [-0.1, -0.05) is 60.7 Å². The quantitative estimate of drug-likeness (QED) is 0.332. The van der Waals surface area contributed by atoms with Crippen molar-refractivity contribution in [3.8, 4) is 44.9 Å². The molecule has 0 aliphatic rings. The molecule has 3 heteroatoms. The van der Waals surface area contributed by atoms with Crippen LogP contribution < -0.4 is 0 Å². The molecule has 0 atom stereocenters. The first-order valence-corrected chi connectivity index (χ1v) is 10.3. The van der Waals surface area contributed by atoms with Gasteiger partial charge >= 0.3 is 0 Å². The minimum absolute atomic E-state index is 0.969. The molecule has 0 aliphatic heterocycles. The average molecular weight is 399 g/mol. The number of pyridine rings is 3. The van der Waals surface area contributed by atoms with Gasteiger partial charge in [-0.15, -0.1) is 0 Å². The maximum atomic E-state index is 4.77. The van der Waals surface area contributed by atoms with Gasteiger partial charge in [0.2, 0.25) is 0 Å². The summed E-state index contributed by atoms with van der Waals surface area (Å²) in [5, 5.41) is 0. The van der Waals surface area contributed by atoms with Crippen molar-refractivity contribution in [3.63, 3.8) is 0 Å².